The highest BCUT2D eigenvalue weighted by Crippen LogP contribution is 2.35. The maximum atomic E-state index is 12.8. The van der Waals surface area contributed by atoms with E-state index in [0.717, 1.165) is 0 Å². The molecule has 6 nitrogen and oxygen atoms in total. The number of carbonyl (C=O) groups excluding carboxylic acids is 2. The van der Waals surface area contributed by atoms with Gasteiger partial charge in [-0.2, -0.15) is 0 Å². The molecule has 0 fully saturated rings. The molecule has 8 heteroatoms. The van der Waals surface area contributed by atoms with E-state index in [2.05, 4.69) is 21.2 Å². The fourth-order valence-electron chi connectivity index (χ4n) is 2.69. The summed E-state index contributed by atoms with van der Waals surface area (Å²) in [6.07, 6.45) is 0. The fraction of sp³-hybridized carbons (Fsp3) is 0.111. The zero-order chi connectivity index (χ0) is 18.9. The van der Waals surface area contributed by atoms with Crippen molar-refractivity contribution in [2.75, 3.05) is 11.9 Å². The summed E-state index contributed by atoms with van der Waals surface area (Å²) < 4.78 is 26.9. The summed E-state index contributed by atoms with van der Waals surface area (Å²) in [5.74, 6) is -1.29. The fourth-order valence-corrected chi connectivity index (χ4v) is 4.85. The van der Waals surface area contributed by atoms with Gasteiger partial charge < -0.3 is 5.32 Å². The minimum Gasteiger partial charge on any atom is -0.323 e. The number of rotatable bonds is 4. The molecule has 134 valence electrons. The van der Waals surface area contributed by atoms with Crippen molar-refractivity contribution in [3.8, 4) is 0 Å². The molecule has 2 aromatic rings. The Kier molecular flexibility index (Phi) is 4.97. The molecule has 0 aromatic heterocycles. The molecule has 0 atom stereocenters. The Hall–Kier alpha value is -2.45. The summed E-state index contributed by atoms with van der Waals surface area (Å²) in [6, 6.07) is 15.3. The van der Waals surface area contributed by atoms with E-state index in [1.54, 1.807) is 54.6 Å². The van der Waals surface area contributed by atoms with Crippen molar-refractivity contribution in [1.82, 2.24) is 4.31 Å². The number of nitrogens with one attached hydrogen (secondary N) is 1. The minimum atomic E-state index is -4.09. The Balaban J connectivity index is 1.85. The van der Waals surface area contributed by atoms with Gasteiger partial charge in [0, 0.05) is 10.0 Å². The van der Waals surface area contributed by atoms with Crippen molar-refractivity contribution < 1.29 is 18.0 Å². The van der Waals surface area contributed by atoms with Crippen LogP contribution in [0.1, 0.15) is 12.5 Å². The summed E-state index contributed by atoms with van der Waals surface area (Å²) in [6.45, 7) is 0.865. The summed E-state index contributed by atoms with van der Waals surface area (Å²) in [7, 11) is -4.09. The molecule has 0 bridgehead atoms. The smallest absolute Gasteiger partial charge is 0.268 e. The number of carbonyl (C=O) groups is 2. The number of nitrogens with zero attached hydrogens (tertiary/aromatic N) is 1. The molecule has 0 aliphatic carbocycles. The van der Waals surface area contributed by atoms with Crippen LogP contribution in [0.3, 0.4) is 0 Å². The van der Waals surface area contributed by atoms with Crippen molar-refractivity contribution in [2.24, 2.45) is 0 Å². The van der Waals surface area contributed by atoms with E-state index in [1.807, 2.05) is 0 Å². The van der Waals surface area contributed by atoms with Crippen molar-refractivity contribution in [2.45, 2.75) is 6.92 Å². The van der Waals surface area contributed by atoms with Gasteiger partial charge >= 0.3 is 0 Å². The van der Waals surface area contributed by atoms with Gasteiger partial charge in [0.2, 0.25) is 5.91 Å². The Morgan fingerprint density at radius 3 is 2.35 bits per heavy atom. The van der Waals surface area contributed by atoms with Crippen LogP contribution in [0, 0.1) is 0 Å². The zero-order valence-electron chi connectivity index (χ0n) is 13.8. The van der Waals surface area contributed by atoms with Gasteiger partial charge in [0.25, 0.3) is 15.9 Å². The lowest BCUT2D eigenvalue weighted by molar-refractivity contribution is -0.126. The molecule has 0 spiro atoms. The van der Waals surface area contributed by atoms with Gasteiger partial charge in [0.05, 0.1) is 5.69 Å². The maximum Gasteiger partial charge on any atom is 0.268 e. The molecule has 3 rings (SSSR count). The predicted molar refractivity (Wildman–Crippen MR) is 102 cm³/mol. The molecule has 2 amide bonds. The minimum absolute atomic E-state index is 0.0585. The number of para-hydroxylation sites is 1. The number of anilines is 1. The predicted octanol–water partition coefficient (Wildman–Crippen LogP) is 2.99. The van der Waals surface area contributed by atoms with E-state index < -0.39 is 28.4 Å². The average molecular weight is 435 g/mol. The third-order valence-electron chi connectivity index (χ3n) is 3.91. The lowest BCUT2D eigenvalue weighted by Crippen LogP contribution is -2.38. The van der Waals surface area contributed by atoms with Crippen LogP contribution in [-0.2, 0) is 19.6 Å². The molecule has 26 heavy (non-hydrogen) atoms. The number of benzene rings is 2. The van der Waals surface area contributed by atoms with E-state index >= 15 is 0 Å². The first-order chi connectivity index (χ1) is 12.3. The van der Waals surface area contributed by atoms with Gasteiger partial charge in [-0.3, -0.25) is 9.59 Å². The van der Waals surface area contributed by atoms with Crippen LogP contribution in [0.4, 0.5) is 5.69 Å². The molecular formula is C18H15BrN2O4S. The van der Waals surface area contributed by atoms with E-state index in [-0.39, 0.29) is 10.5 Å². The van der Waals surface area contributed by atoms with E-state index in [0.29, 0.717) is 20.0 Å². The van der Waals surface area contributed by atoms with Crippen molar-refractivity contribution >= 4 is 48.4 Å². The van der Waals surface area contributed by atoms with Gasteiger partial charge in [0.15, 0.2) is 0 Å². The van der Waals surface area contributed by atoms with Crippen molar-refractivity contribution in [3.05, 3.63) is 70.2 Å². The molecule has 2 aromatic carbocycles. The van der Waals surface area contributed by atoms with E-state index in [4.69, 9.17) is 0 Å². The Morgan fingerprint density at radius 1 is 1.08 bits per heavy atom. The first-order valence-electron chi connectivity index (χ1n) is 7.70. The number of halogens is 1. The molecule has 1 aliphatic rings. The van der Waals surface area contributed by atoms with E-state index in [1.165, 1.54) is 6.92 Å². The molecule has 1 aliphatic heterocycles. The Morgan fingerprint density at radius 2 is 1.69 bits per heavy atom. The highest BCUT2D eigenvalue weighted by molar-refractivity contribution is 9.10. The topological polar surface area (TPSA) is 83.6 Å². The van der Waals surface area contributed by atoms with Crippen LogP contribution in [0.25, 0.3) is 4.91 Å². The summed E-state index contributed by atoms with van der Waals surface area (Å²) in [5, 5.41) is 2.60. The largest absolute Gasteiger partial charge is 0.323 e. The Bertz CT molecular complexity index is 1020. The van der Waals surface area contributed by atoms with Gasteiger partial charge in [-0.25, -0.2) is 12.7 Å². The molecule has 1 N–H and O–H groups in total. The monoisotopic (exact) mass is 434 g/mol. The molecule has 0 saturated heterocycles. The van der Waals surface area contributed by atoms with Crippen LogP contribution in [0.2, 0.25) is 0 Å². The lowest BCUT2D eigenvalue weighted by Gasteiger charge is -2.16. The molecule has 1 heterocycles. The van der Waals surface area contributed by atoms with Crippen LogP contribution < -0.4 is 5.32 Å². The van der Waals surface area contributed by atoms with Gasteiger partial charge in [-0.15, -0.1) is 0 Å². The SMILES string of the molecule is CC1=C(c2ccccc2)S(=O)(=O)N(CC(=O)Nc2ccccc2Br)C1=O. The summed E-state index contributed by atoms with van der Waals surface area (Å²) >= 11 is 3.30. The van der Waals surface area contributed by atoms with Gasteiger partial charge in [-0.1, -0.05) is 42.5 Å². The maximum absolute atomic E-state index is 12.8. The second-order valence-electron chi connectivity index (χ2n) is 5.67. The van der Waals surface area contributed by atoms with Crippen LogP contribution in [-0.4, -0.2) is 31.1 Å². The highest BCUT2D eigenvalue weighted by atomic mass is 79.9. The standard InChI is InChI=1S/C18H15BrN2O4S/c1-12-17(13-7-3-2-4-8-13)26(24,25)21(18(12)23)11-16(22)20-15-10-6-5-9-14(15)19/h2-10H,11H2,1H3,(H,20,22). The molecule has 0 unspecified atom stereocenters. The molecule has 0 radical (unpaired) electrons. The lowest BCUT2D eigenvalue weighted by atomic mass is 10.1. The van der Waals surface area contributed by atoms with Gasteiger partial charge in [-0.05, 0) is 40.5 Å². The first kappa shape index (κ1) is 18.3. The number of hydrogen-bond acceptors (Lipinski definition) is 4. The van der Waals surface area contributed by atoms with Crippen LogP contribution >= 0.6 is 15.9 Å². The summed E-state index contributed by atoms with van der Waals surface area (Å²) in [5.41, 5.74) is 1.02. The number of sulfonamides is 1. The first-order valence-corrected chi connectivity index (χ1v) is 9.93. The zero-order valence-corrected chi connectivity index (χ0v) is 16.2. The van der Waals surface area contributed by atoms with Crippen molar-refractivity contribution in [1.29, 1.82) is 0 Å². The summed E-state index contributed by atoms with van der Waals surface area (Å²) in [4.78, 5) is 24.7. The second kappa shape index (κ2) is 7.05. The second-order valence-corrected chi connectivity index (χ2v) is 8.32. The molecule has 0 saturated carbocycles. The van der Waals surface area contributed by atoms with Gasteiger partial charge in [0.1, 0.15) is 11.4 Å². The van der Waals surface area contributed by atoms with Crippen molar-refractivity contribution in [3.63, 3.8) is 0 Å². The normalized spacial score (nSPS) is 16.1. The quantitative estimate of drug-likeness (QED) is 0.801. The third-order valence-corrected chi connectivity index (χ3v) is 6.53. The highest BCUT2D eigenvalue weighted by Gasteiger charge is 2.43. The average Bonchev–Trinajstić information content (AvgIpc) is 2.77. The third kappa shape index (κ3) is 3.30. The molecular weight excluding hydrogens is 420 g/mol. The van der Waals surface area contributed by atoms with E-state index in [9.17, 15) is 18.0 Å². The van der Waals surface area contributed by atoms with Crippen LogP contribution in [0.15, 0.2) is 64.6 Å². The number of hydrogen-bond donors (Lipinski definition) is 1. The Labute approximate surface area is 159 Å². The van der Waals surface area contributed by atoms with Crippen LogP contribution in [0.5, 0.6) is 0 Å². The number of amides is 2.